The Bertz CT molecular complexity index is 694. The summed E-state index contributed by atoms with van der Waals surface area (Å²) in [6.07, 6.45) is 0.265. The number of amides is 2. The van der Waals surface area contributed by atoms with Gasteiger partial charge in [-0.2, -0.15) is 5.26 Å². The lowest BCUT2D eigenvalue weighted by atomic mass is 10.1. The predicted octanol–water partition coefficient (Wildman–Crippen LogP) is 3.80. The van der Waals surface area contributed by atoms with E-state index in [-0.39, 0.29) is 25.0 Å². The van der Waals surface area contributed by atoms with Crippen molar-refractivity contribution in [2.24, 2.45) is 5.92 Å². The highest BCUT2D eigenvalue weighted by molar-refractivity contribution is 5.69. The molecule has 1 atom stereocenters. The van der Waals surface area contributed by atoms with E-state index in [1.54, 1.807) is 9.80 Å². The molecule has 28 heavy (non-hydrogen) atoms. The fourth-order valence-corrected chi connectivity index (χ4v) is 3.04. The molecule has 1 aromatic carbocycles. The zero-order valence-corrected chi connectivity index (χ0v) is 16.9. The van der Waals surface area contributed by atoms with Crippen LogP contribution < -0.4 is 0 Å². The van der Waals surface area contributed by atoms with Crippen molar-refractivity contribution in [1.82, 2.24) is 9.80 Å². The van der Waals surface area contributed by atoms with E-state index >= 15 is 0 Å². The minimum atomic E-state index is -0.592. The maximum Gasteiger partial charge on any atom is 0.410 e. The second-order valence-corrected chi connectivity index (χ2v) is 7.98. The van der Waals surface area contributed by atoms with E-state index in [0.717, 1.165) is 12.0 Å². The number of hydrogen-bond acceptors (Lipinski definition) is 5. The molecule has 0 radical (unpaired) electrons. The molecular weight excluding hydrogens is 358 g/mol. The molecule has 1 aliphatic rings. The van der Waals surface area contributed by atoms with Crippen LogP contribution in [0.3, 0.4) is 0 Å². The van der Waals surface area contributed by atoms with Gasteiger partial charge >= 0.3 is 12.2 Å². The topological polar surface area (TPSA) is 82.9 Å². The molecule has 0 aliphatic carbocycles. The van der Waals surface area contributed by atoms with Gasteiger partial charge in [-0.15, -0.1) is 0 Å². The summed E-state index contributed by atoms with van der Waals surface area (Å²) in [5, 5.41) is 8.86. The van der Waals surface area contributed by atoms with Crippen molar-refractivity contribution in [2.45, 2.75) is 45.8 Å². The molecule has 1 fully saturated rings. The number of nitrogens with zero attached hydrogens (tertiary/aromatic N) is 3. The normalized spacial score (nSPS) is 16.4. The number of nitriles is 1. The third kappa shape index (κ3) is 7.10. The first-order valence-corrected chi connectivity index (χ1v) is 9.59. The Morgan fingerprint density at radius 3 is 2.64 bits per heavy atom. The number of benzene rings is 1. The zero-order chi connectivity index (χ0) is 20.6. The van der Waals surface area contributed by atoms with E-state index < -0.39 is 11.7 Å². The SMILES string of the molecule is CC(C)(C)OC(=O)N(CCC#N)CC1CCN(C(=O)OCc2ccccc2)C1. The Hall–Kier alpha value is -2.75. The summed E-state index contributed by atoms with van der Waals surface area (Å²) in [5.74, 6) is 0.135. The van der Waals surface area contributed by atoms with E-state index in [1.807, 2.05) is 51.1 Å². The molecule has 7 nitrogen and oxygen atoms in total. The Morgan fingerprint density at radius 2 is 2.00 bits per heavy atom. The Labute approximate surface area is 166 Å². The minimum absolute atomic E-state index is 0.135. The monoisotopic (exact) mass is 387 g/mol. The number of carbonyl (C=O) groups excluding carboxylic acids is 2. The molecule has 152 valence electrons. The van der Waals surface area contributed by atoms with Crippen molar-refractivity contribution in [3.8, 4) is 6.07 Å². The van der Waals surface area contributed by atoms with Crippen molar-refractivity contribution < 1.29 is 19.1 Å². The molecule has 2 amide bonds. The molecule has 1 saturated heterocycles. The van der Waals surface area contributed by atoms with Gasteiger partial charge in [0, 0.05) is 26.2 Å². The number of hydrogen-bond donors (Lipinski definition) is 0. The number of rotatable bonds is 6. The summed E-state index contributed by atoms with van der Waals surface area (Å²) >= 11 is 0. The molecule has 0 bridgehead atoms. The first-order chi connectivity index (χ1) is 13.3. The standard InChI is InChI=1S/C21H29N3O4/c1-21(2,3)28-20(26)23(12-7-11-22)14-18-10-13-24(15-18)19(25)27-16-17-8-5-4-6-9-17/h4-6,8-9,18H,7,10,12-16H2,1-3H3. The van der Waals surface area contributed by atoms with E-state index in [9.17, 15) is 9.59 Å². The van der Waals surface area contributed by atoms with Gasteiger partial charge in [-0.05, 0) is 38.7 Å². The van der Waals surface area contributed by atoms with E-state index in [1.165, 1.54) is 0 Å². The van der Waals surface area contributed by atoms with Gasteiger partial charge in [0.2, 0.25) is 0 Å². The summed E-state index contributed by atoms with van der Waals surface area (Å²) in [6, 6.07) is 11.6. The molecule has 1 aromatic rings. The van der Waals surface area contributed by atoms with E-state index in [4.69, 9.17) is 14.7 Å². The highest BCUT2D eigenvalue weighted by Gasteiger charge is 2.31. The summed E-state index contributed by atoms with van der Waals surface area (Å²) in [5.41, 5.74) is 0.351. The summed E-state index contributed by atoms with van der Waals surface area (Å²) < 4.78 is 10.8. The van der Waals surface area contributed by atoms with Gasteiger partial charge in [-0.1, -0.05) is 30.3 Å². The van der Waals surface area contributed by atoms with Crippen LogP contribution in [0.25, 0.3) is 0 Å². The van der Waals surface area contributed by atoms with Crippen LogP contribution in [0.1, 0.15) is 39.2 Å². The first-order valence-electron chi connectivity index (χ1n) is 9.59. The smallest absolute Gasteiger partial charge is 0.410 e. The van der Waals surface area contributed by atoms with Crippen LogP contribution in [0.2, 0.25) is 0 Å². The zero-order valence-electron chi connectivity index (χ0n) is 16.9. The lowest BCUT2D eigenvalue weighted by Gasteiger charge is -2.28. The number of ether oxygens (including phenoxy) is 2. The van der Waals surface area contributed by atoms with Crippen molar-refractivity contribution >= 4 is 12.2 Å². The maximum absolute atomic E-state index is 12.4. The summed E-state index contributed by atoms with van der Waals surface area (Å²) in [7, 11) is 0. The average molecular weight is 387 g/mol. The van der Waals surface area contributed by atoms with Gasteiger partial charge in [0.05, 0.1) is 12.5 Å². The fourth-order valence-electron chi connectivity index (χ4n) is 3.04. The van der Waals surface area contributed by atoms with Crippen LogP contribution in [-0.4, -0.2) is 53.8 Å². The molecule has 1 aliphatic heterocycles. The molecule has 1 heterocycles. The minimum Gasteiger partial charge on any atom is -0.445 e. The molecule has 1 unspecified atom stereocenters. The molecule has 0 saturated carbocycles. The lowest BCUT2D eigenvalue weighted by Crippen LogP contribution is -2.41. The number of carbonyl (C=O) groups is 2. The van der Waals surface area contributed by atoms with Crippen molar-refractivity contribution in [3.05, 3.63) is 35.9 Å². The lowest BCUT2D eigenvalue weighted by molar-refractivity contribution is 0.0226. The van der Waals surface area contributed by atoms with Crippen LogP contribution >= 0.6 is 0 Å². The highest BCUT2D eigenvalue weighted by Crippen LogP contribution is 2.20. The second-order valence-electron chi connectivity index (χ2n) is 7.98. The maximum atomic E-state index is 12.4. The molecule has 0 spiro atoms. The van der Waals surface area contributed by atoms with Crippen LogP contribution in [0, 0.1) is 17.2 Å². The fraction of sp³-hybridized carbons (Fsp3) is 0.571. The van der Waals surface area contributed by atoms with Gasteiger partial charge in [0.25, 0.3) is 0 Å². The van der Waals surface area contributed by atoms with E-state index in [0.29, 0.717) is 26.2 Å². The van der Waals surface area contributed by atoms with E-state index in [2.05, 4.69) is 6.07 Å². The van der Waals surface area contributed by atoms with Crippen LogP contribution in [0.15, 0.2) is 30.3 Å². The number of likely N-dealkylation sites (tertiary alicyclic amines) is 1. The Morgan fingerprint density at radius 1 is 1.29 bits per heavy atom. The molecule has 0 aromatic heterocycles. The quantitative estimate of drug-likeness (QED) is 0.741. The van der Waals surface area contributed by atoms with Crippen molar-refractivity contribution in [3.63, 3.8) is 0 Å². The molecule has 7 heteroatoms. The van der Waals surface area contributed by atoms with Gasteiger partial charge in [0.15, 0.2) is 0 Å². The summed E-state index contributed by atoms with van der Waals surface area (Å²) in [6.45, 7) is 7.58. The first kappa shape index (κ1) is 21.5. The molecule has 2 rings (SSSR count). The predicted molar refractivity (Wildman–Crippen MR) is 104 cm³/mol. The Kier molecular flexibility index (Phi) is 7.68. The second kappa shape index (κ2) is 9.98. The average Bonchev–Trinajstić information content (AvgIpc) is 3.11. The van der Waals surface area contributed by atoms with Gasteiger partial charge in [-0.3, -0.25) is 0 Å². The van der Waals surface area contributed by atoms with Crippen molar-refractivity contribution in [2.75, 3.05) is 26.2 Å². The van der Waals surface area contributed by atoms with Crippen LogP contribution in [-0.2, 0) is 16.1 Å². The Balaban J connectivity index is 1.85. The molecule has 0 N–H and O–H groups in total. The van der Waals surface area contributed by atoms with Gasteiger partial charge < -0.3 is 19.3 Å². The van der Waals surface area contributed by atoms with Crippen LogP contribution in [0.5, 0.6) is 0 Å². The van der Waals surface area contributed by atoms with Gasteiger partial charge in [-0.25, -0.2) is 9.59 Å². The van der Waals surface area contributed by atoms with Gasteiger partial charge in [0.1, 0.15) is 12.2 Å². The third-order valence-corrected chi connectivity index (χ3v) is 4.37. The van der Waals surface area contributed by atoms with Crippen molar-refractivity contribution in [1.29, 1.82) is 5.26 Å². The van der Waals surface area contributed by atoms with Crippen LogP contribution in [0.4, 0.5) is 9.59 Å². The molecular formula is C21H29N3O4. The third-order valence-electron chi connectivity index (χ3n) is 4.37. The highest BCUT2D eigenvalue weighted by atomic mass is 16.6. The summed E-state index contributed by atoms with van der Waals surface area (Å²) in [4.78, 5) is 28.0. The largest absolute Gasteiger partial charge is 0.445 e.